The summed E-state index contributed by atoms with van der Waals surface area (Å²) in [4.78, 5) is 0. The van der Waals surface area contributed by atoms with E-state index in [1.807, 2.05) is 6.07 Å². The van der Waals surface area contributed by atoms with Crippen LogP contribution in [0.3, 0.4) is 0 Å². The number of nitrogens with one attached hydrogen (secondary N) is 1. The minimum atomic E-state index is -0.323. The molecule has 1 N–H and O–H groups in total. The molecule has 128 valence electrons. The Labute approximate surface area is 148 Å². The number of halogens is 1. The molecule has 1 heterocycles. The monoisotopic (exact) mass is 358 g/mol. The van der Waals surface area contributed by atoms with Gasteiger partial charge in [0.1, 0.15) is 17.3 Å². The van der Waals surface area contributed by atoms with Gasteiger partial charge in [-0.25, -0.2) is 9.49 Å². The fraction of sp³-hybridized carbons (Fsp3) is 0.118. The molecule has 3 aromatic rings. The van der Waals surface area contributed by atoms with Crippen LogP contribution >= 0.6 is 12.2 Å². The number of ether oxygens (including phenoxy) is 2. The van der Waals surface area contributed by atoms with Gasteiger partial charge in [0.25, 0.3) is 0 Å². The first kappa shape index (κ1) is 16.8. The second-order valence-electron chi connectivity index (χ2n) is 5.02. The summed E-state index contributed by atoms with van der Waals surface area (Å²) in [5.41, 5.74) is 1.43. The van der Waals surface area contributed by atoms with Crippen LogP contribution in [0.5, 0.6) is 11.5 Å². The summed E-state index contributed by atoms with van der Waals surface area (Å²) in [6.07, 6.45) is 1.61. The predicted octanol–water partition coefficient (Wildman–Crippen LogP) is 3.65. The lowest BCUT2D eigenvalue weighted by molar-refractivity contribution is 0.394. The number of methoxy groups -OCH3 is 2. The minimum absolute atomic E-state index is 0.322. The Balaban J connectivity index is 1.99. The molecular weight excluding hydrogens is 343 g/mol. The number of aromatic amines is 1. The molecule has 0 fully saturated rings. The maximum absolute atomic E-state index is 13.1. The Morgan fingerprint density at radius 1 is 1.16 bits per heavy atom. The molecule has 0 amide bonds. The van der Waals surface area contributed by atoms with Crippen LogP contribution < -0.4 is 9.47 Å². The van der Waals surface area contributed by atoms with E-state index in [9.17, 15) is 4.39 Å². The van der Waals surface area contributed by atoms with E-state index in [1.54, 1.807) is 44.7 Å². The second kappa shape index (κ2) is 7.27. The highest BCUT2D eigenvalue weighted by Gasteiger charge is 2.09. The zero-order valence-electron chi connectivity index (χ0n) is 13.6. The Morgan fingerprint density at radius 2 is 1.92 bits per heavy atom. The first-order valence-corrected chi connectivity index (χ1v) is 7.73. The zero-order valence-corrected chi connectivity index (χ0v) is 14.4. The van der Waals surface area contributed by atoms with Crippen molar-refractivity contribution in [1.82, 2.24) is 14.9 Å². The first-order chi connectivity index (χ1) is 12.1. The number of hydrogen-bond acceptors (Lipinski definition) is 5. The standard InChI is InChI=1S/C17H15FN4O2S/c1-23-14-8-5-12(15(9-14)24-2)10-19-22-16(20-21-17(22)25)11-3-6-13(18)7-4-11/h3-10H,1-2H3,(H,21,25). The molecule has 2 aromatic carbocycles. The summed E-state index contributed by atoms with van der Waals surface area (Å²) in [5.74, 6) is 1.45. The molecule has 0 aliphatic carbocycles. The van der Waals surface area contributed by atoms with Gasteiger partial charge in [-0.2, -0.15) is 14.9 Å². The van der Waals surface area contributed by atoms with Crippen LogP contribution in [0.1, 0.15) is 5.56 Å². The number of rotatable bonds is 5. The van der Waals surface area contributed by atoms with Crippen molar-refractivity contribution >= 4 is 18.4 Å². The summed E-state index contributed by atoms with van der Waals surface area (Å²) in [6, 6.07) is 11.3. The number of aromatic nitrogens is 3. The molecule has 25 heavy (non-hydrogen) atoms. The van der Waals surface area contributed by atoms with Crippen LogP contribution in [-0.4, -0.2) is 35.3 Å². The lowest BCUT2D eigenvalue weighted by Crippen LogP contribution is -1.97. The molecule has 1 aromatic heterocycles. The third kappa shape index (κ3) is 3.58. The van der Waals surface area contributed by atoms with Crippen LogP contribution in [0.25, 0.3) is 11.4 Å². The van der Waals surface area contributed by atoms with Crippen LogP contribution in [0.4, 0.5) is 4.39 Å². The Kier molecular flexibility index (Phi) is 4.90. The summed E-state index contributed by atoms with van der Waals surface area (Å²) in [7, 11) is 3.15. The van der Waals surface area contributed by atoms with Crippen molar-refractivity contribution in [3.63, 3.8) is 0 Å². The molecule has 0 aliphatic rings. The fourth-order valence-corrected chi connectivity index (χ4v) is 2.41. The Morgan fingerprint density at radius 3 is 2.60 bits per heavy atom. The highest BCUT2D eigenvalue weighted by molar-refractivity contribution is 7.71. The third-order valence-electron chi connectivity index (χ3n) is 3.51. The van der Waals surface area contributed by atoms with Gasteiger partial charge in [-0.3, -0.25) is 0 Å². The van der Waals surface area contributed by atoms with E-state index in [1.165, 1.54) is 16.8 Å². The van der Waals surface area contributed by atoms with E-state index in [0.717, 1.165) is 5.56 Å². The quantitative estimate of drug-likeness (QED) is 0.559. The fourth-order valence-electron chi connectivity index (χ4n) is 2.23. The summed E-state index contributed by atoms with van der Waals surface area (Å²) >= 11 is 5.22. The second-order valence-corrected chi connectivity index (χ2v) is 5.41. The van der Waals surface area contributed by atoms with Crippen LogP contribution in [0.2, 0.25) is 0 Å². The third-order valence-corrected chi connectivity index (χ3v) is 3.77. The summed E-state index contributed by atoms with van der Waals surface area (Å²) in [5, 5.41) is 11.2. The van der Waals surface area contributed by atoms with Gasteiger partial charge in [0.15, 0.2) is 5.82 Å². The largest absolute Gasteiger partial charge is 0.497 e. The average molecular weight is 358 g/mol. The van der Waals surface area contributed by atoms with Gasteiger partial charge < -0.3 is 9.47 Å². The molecule has 0 atom stereocenters. The highest BCUT2D eigenvalue weighted by atomic mass is 32.1. The summed E-state index contributed by atoms with van der Waals surface area (Å²) < 4.78 is 25.4. The highest BCUT2D eigenvalue weighted by Crippen LogP contribution is 2.23. The molecule has 0 saturated carbocycles. The van der Waals surface area contributed by atoms with Crippen molar-refractivity contribution < 1.29 is 13.9 Å². The SMILES string of the molecule is COc1ccc(C=Nn2c(-c3ccc(F)cc3)n[nH]c2=S)c(OC)c1. The normalized spacial score (nSPS) is 11.0. The smallest absolute Gasteiger partial charge is 0.216 e. The molecule has 0 aliphatic heterocycles. The van der Waals surface area contributed by atoms with Crippen LogP contribution in [0, 0.1) is 10.6 Å². The van der Waals surface area contributed by atoms with E-state index in [-0.39, 0.29) is 5.82 Å². The van der Waals surface area contributed by atoms with Gasteiger partial charge >= 0.3 is 0 Å². The number of H-pyrrole nitrogens is 1. The molecular formula is C17H15FN4O2S. The first-order valence-electron chi connectivity index (χ1n) is 7.32. The molecule has 0 radical (unpaired) electrons. The van der Waals surface area contributed by atoms with Gasteiger partial charge in [0.05, 0.1) is 20.4 Å². The maximum Gasteiger partial charge on any atom is 0.216 e. The minimum Gasteiger partial charge on any atom is -0.497 e. The van der Waals surface area contributed by atoms with E-state index in [0.29, 0.717) is 27.7 Å². The maximum atomic E-state index is 13.1. The molecule has 0 unspecified atom stereocenters. The lowest BCUT2D eigenvalue weighted by atomic mass is 10.2. The molecule has 3 rings (SSSR count). The molecule has 8 heteroatoms. The number of nitrogens with zero attached hydrogens (tertiary/aromatic N) is 3. The molecule has 0 bridgehead atoms. The van der Waals surface area contributed by atoms with E-state index < -0.39 is 0 Å². The van der Waals surface area contributed by atoms with Gasteiger partial charge in [-0.15, -0.1) is 0 Å². The van der Waals surface area contributed by atoms with Crippen molar-refractivity contribution in [3.8, 4) is 22.9 Å². The molecule has 0 spiro atoms. The zero-order chi connectivity index (χ0) is 17.8. The Hall–Kier alpha value is -3.00. The lowest BCUT2D eigenvalue weighted by Gasteiger charge is -2.07. The van der Waals surface area contributed by atoms with Crippen molar-refractivity contribution in [2.75, 3.05) is 14.2 Å². The Bertz CT molecular complexity index is 964. The predicted molar refractivity (Wildman–Crippen MR) is 95.3 cm³/mol. The molecule has 6 nitrogen and oxygen atoms in total. The van der Waals surface area contributed by atoms with E-state index in [2.05, 4.69) is 15.3 Å². The number of benzene rings is 2. The van der Waals surface area contributed by atoms with Gasteiger partial charge in [0, 0.05) is 17.2 Å². The van der Waals surface area contributed by atoms with Gasteiger partial charge in [-0.1, -0.05) is 0 Å². The van der Waals surface area contributed by atoms with Crippen molar-refractivity contribution in [2.24, 2.45) is 5.10 Å². The van der Waals surface area contributed by atoms with E-state index >= 15 is 0 Å². The van der Waals surface area contributed by atoms with Crippen molar-refractivity contribution in [1.29, 1.82) is 0 Å². The van der Waals surface area contributed by atoms with Crippen LogP contribution in [0.15, 0.2) is 47.6 Å². The van der Waals surface area contributed by atoms with Crippen LogP contribution in [-0.2, 0) is 0 Å². The summed E-state index contributed by atoms with van der Waals surface area (Å²) in [6.45, 7) is 0. The van der Waals surface area contributed by atoms with Crippen molar-refractivity contribution in [2.45, 2.75) is 0 Å². The van der Waals surface area contributed by atoms with Crippen molar-refractivity contribution in [3.05, 3.63) is 58.6 Å². The van der Waals surface area contributed by atoms with E-state index in [4.69, 9.17) is 21.7 Å². The topological polar surface area (TPSA) is 64.4 Å². The molecule has 0 saturated heterocycles. The number of hydrogen-bond donors (Lipinski definition) is 1. The average Bonchev–Trinajstić information content (AvgIpc) is 3.01. The van der Waals surface area contributed by atoms with Gasteiger partial charge in [0.2, 0.25) is 4.77 Å². The van der Waals surface area contributed by atoms with Gasteiger partial charge in [-0.05, 0) is 48.6 Å².